The normalized spacial score (nSPS) is 29.1. The zero-order chi connectivity index (χ0) is 21.9. The number of hydrogen-bond acceptors (Lipinski definition) is 6. The van der Waals surface area contributed by atoms with Gasteiger partial charge in [0.1, 0.15) is 12.0 Å². The van der Waals surface area contributed by atoms with Crippen LogP contribution in [-0.2, 0) is 0 Å². The summed E-state index contributed by atoms with van der Waals surface area (Å²) in [5.41, 5.74) is 1.92. The summed E-state index contributed by atoms with van der Waals surface area (Å²) in [6.07, 6.45) is 15.0. The number of nitrogens with one attached hydrogen (secondary N) is 4. The highest BCUT2D eigenvalue weighted by Gasteiger charge is 2.30. The zero-order valence-electron chi connectivity index (χ0n) is 18.6. The van der Waals surface area contributed by atoms with Crippen molar-refractivity contribution < 1.29 is 4.39 Å². The van der Waals surface area contributed by atoms with Crippen molar-refractivity contribution in [1.82, 2.24) is 26.2 Å². The molecule has 8 heteroatoms. The predicted molar refractivity (Wildman–Crippen MR) is 127 cm³/mol. The Balaban J connectivity index is 1.18. The van der Waals surface area contributed by atoms with Gasteiger partial charge in [0.25, 0.3) is 0 Å². The first-order valence-corrected chi connectivity index (χ1v) is 12.5. The van der Waals surface area contributed by atoms with Gasteiger partial charge in [-0.3, -0.25) is 0 Å². The topological polar surface area (TPSA) is 63.7 Å². The van der Waals surface area contributed by atoms with Crippen LogP contribution in [0.25, 0.3) is 0 Å². The van der Waals surface area contributed by atoms with Gasteiger partial charge in [-0.05, 0) is 50.1 Å². The van der Waals surface area contributed by atoms with E-state index in [1.807, 2.05) is 12.3 Å². The number of allylic oxidation sites excluding steroid dienone is 2. The summed E-state index contributed by atoms with van der Waals surface area (Å²) >= 11 is 6.17. The molecule has 2 fully saturated rings. The number of hydrogen-bond donors (Lipinski definition) is 4. The fourth-order valence-electron chi connectivity index (χ4n) is 5.56. The Morgan fingerprint density at radius 1 is 1.09 bits per heavy atom. The lowest BCUT2D eigenvalue weighted by Crippen LogP contribution is -2.42. The van der Waals surface area contributed by atoms with Crippen molar-refractivity contribution in [2.24, 2.45) is 16.8 Å². The molecule has 0 aromatic carbocycles. The molecule has 0 radical (unpaired) electrons. The number of piperidine rings is 1. The van der Waals surface area contributed by atoms with Gasteiger partial charge in [-0.2, -0.15) is 0 Å². The molecule has 5 aliphatic rings. The number of fused-ring (bicyclic) bond motifs is 1. The van der Waals surface area contributed by atoms with Gasteiger partial charge in [0.15, 0.2) is 11.6 Å². The van der Waals surface area contributed by atoms with E-state index in [-0.39, 0.29) is 18.5 Å². The van der Waals surface area contributed by atoms with E-state index in [4.69, 9.17) is 11.6 Å². The fraction of sp³-hybridized carbons (Fsp3) is 0.625. The summed E-state index contributed by atoms with van der Waals surface area (Å²) < 4.78 is 14.6. The molecular weight excluding hydrogens is 427 g/mol. The van der Waals surface area contributed by atoms with Gasteiger partial charge < -0.3 is 26.2 Å². The van der Waals surface area contributed by atoms with E-state index in [0.717, 1.165) is 30.2 Å². The minimum atomic E-state index is -0.236. The molecular formula is C24H34ClFN6. The molecule has 0 aromatic rings. The average molecular weight is 461 g/mol. The van der Waals surface area contributed by atoms with Crippen LogP contribution < -0.4 is 21.3 Å². The van der Waals surface area contributed by atoms with Gasteiger partial charge >= 0.3 is 0 Å². The minimum Gasteiger partial charge on any atom is -0.367 e. The molecule has 1 aliphatic carbocycles. The van der Waals surface area contributed by atoms with Crippen LogP contribution in [0.5, 0.6) is 0 Å². The van der Waals surface area contributed by atoms with Crippen LogP contribution in [-0.4, -0.2) is 49.6 Å². The van der Waals surface area contributed by atoms with E-state index in [2.05, 4.69) is 31.2 Å². The van der Waals surface area contributed by atoms with Crippen molar-refractivity contribution >= 4 is 17.4 Å². The van der Waals surface area contributed by atoms with Crippen LogP contribution in [0.2, 0.25) is 0 Å². The van der Waals surface area contributed by atoms with Gasteiger partial charge in [0.05, 0.1) is 11.6 Å². The maximum Gasteiger partial charge on any atom is 0.162 e. The molecule has 1 unspecified atom stereocenters. The van der Waals surface area contributed by atoms with Gasteiger partial charge in [0.2, 0.25) is 0 Å². The number of rotatable bonds is 6. The molecule has 1 saturated carbocycles. The molecule has 6 nitrogen and oxygen atoms in total. The van der Waals surface area contributed by atoms with Gasteiger partial charge in [-0.25, -0.2) is 9.38 Å². The molecule has 0 amide bonds. The molecule has 0 aromatic heterocycles. The Hall–Kier alpha value is -1.99. The van der Waals surface area contributed by atoms with Crippen LogP contribution >= 0.6 is 11.6 Å². The summed E-state index contributed by atoms with van der Waals surface area (Å²) in [4.78, 5) is 7.25. The van der Waals surface area contributed by atoms with Crippen LogP contribution in [0.15, 0.2) is 51.3 Å². The molecule has 0 spiro atoms. The Labute approximate surface area is 195 Å². The number of amidine groups is 1. The van der Waals surface area contributed by atoms with Gasteiger partial charge in [-0.15, -0.1) is 0 Å². The second-order valence-electron chi connectivity index (χ2n) is 9.67. The smallest absolute Gasteiger partial charge is 0.162 e. The SMILES string of the molecule is FC1=C(NC[C@@H]2CCCN(CC3CCCCC3)C2)N=C(C2=CNC3NC=C(Cl)C=C23)NC1. The van der Waals surface area contributed by atoms with Gasteiger partial charge in [0, 0.05) is 43.2 Å². The highest BCUT2D eigenvalue weighted by atomic mass is 35.5. The average Bonchev–Trinajstić information content (AvgIpc) is 3.22. The molecule has 4 aliphatic heterocycles. The molecule has 4 N–H and O–H groups in total. The van der Waals surface area contributed by atoms with E-state index in [0.29, 0.717) is 22.6 Å². The number of aliphatic imine (C=N–C) groups is 1. The lowest BCUT2D eigenvalue weighted by atomic mass is 9.88. The van der Waals surface area contributed by atoms with E-state index in [1.54, 1.807) is 6.20 Å². The second-order valence-corrected chi connectivity index (χ2v) is 10.1. The lowest BCUT2D eigenvalue weighted by Gasteiger charge is -2.36. The third kappa shape index (κ3) is 4.99. The fourth-order valence-corrected chi connectivity index (χ4v) is 5.74. The minimum absolute atomic E-state index is 0.0263. The molecule has 4 heterocycles. The van der Waals surface area contributed by atoms with E-state index in [1.165, 1.54) is 58.0 Å². The van der Waals surface area contributed by atoms with Crippen molar-refractivity contribution in [3.05, 3.63) is 46.3 Å². The lowest BCUT2D eigenvalue weighted by molar-refractivity contribution is 0.137. The van der Waals surface area contributed by atoms with Crippen LogP contribution in [0, 0.1) is 11.8 Å². The van der Waals surface area contributed by atoms with Crippen LogP contribution in [0.1, 0.15) is 44.9 Å². The van der Waals surface area contributed by atoms with E-state index < -0.39 is 0 Å². The standard InChI is InChI=1S/C24H34ClFN6/c25-18-9-19-20(12-29-22(19)28-11-18)23-30-13-21(26)24(31-23)27-10-17-7-4-8-32(15-17)14-16-5-2-1-3-6-16/h9,11-12,16-17,22,27-29H,1-8,10,13-15H2,(H,30,31)/t17-,22?/m0/s1. The number of halogens is 2. The number of dihydropyridines is 1. The van der Waals surface area contributed by atoms with Crippen molar-refractivity contribution in [3.63, 3.8) is 0 Å². The highest BCUT2D eigenvalue weighted by molar-refractivity contribution is 6.31. The number of likely N-dealkylation sites (tertiary alicyclic amines) is 1. The quantitative estimate of drug-likeness (QED) is 0.489. The summed E-state index contributed by atoms with van der Waals surface area (Å²) in [7, 11) is 0. The largest absolute Gasteiger partial charge is 0.367 e. The summed E-state index contributed by atoms with van der Waals surface area (Å²) in [5.74, 6) is 2.20. The van der Waals surface area contributed by atoms with Crippen molar-refractivity contribution in [2.45, 2.75) is 51.1 Å². The Morgan fingerprint density at radius 2 is 1.91 bits per heavy atom. The predicted octanol–water partition coefficient (Wildman–Crippen LogP) is 3.43. The zero-order valence-corrected chi connectivity index (χ0v) is 19.4. The Morgan fingerprint density at radius 3 is 2.78 bits per heavy atom. The molecule has 0 bridgehead atoms. The highest BCUT2D eigenvalue weighted by Crippen LogP contribution is 2.28. The third-order valence-electron chi connectivity index (χ3n) is 7.25. The summed E-state index contributed by atoms with van der Waals surface area (Å²) in [6.45, 7) is 4.46. The van der Waals surface area contributed by atoms with Crippen molar-refractivity contribution in [2.75, 3.05) is 32.7 Å². The van der Waals surface area contributed by atoms with Crippen molar-refractivity contribution in [1.29, 1.82) is 0 Å². The number of nitrogens with zero attached hydrogens (tertiary/aromatic N) is 2. The monoisotopic (exact) mass is 460 g/mol. The molecule has 174 valence electrons. The Bertz CT molecular complexity index is 870. The third-order valence-corrected chi connectivity index (χ3v) is 7.46. The van der Waals surface area contributed by atoms with Gasteiger partial charge in [-0.1, -0.05) is 30.9 Å². The molecule has 2 atom stereocenters. The van der Waals surface area contributed by atoms with Crippen LogP contribution in [0.4, 0.5) is 4.39 Å². The summed E-state index contributed by atoms with van der Waals surface area (Å²) in [5, 5.41) is 13.6. The first-order chi connectivity index (χ1) is 15.7. The van der Waals surface area contributed by atoms with E-state index in [9.17, 15) is 4.39 Å². The molecule has 5 rings (SSSR count). The van der Waals surface area contributed by atoms with Crippen molar-refractivity contribution in [3.8, 4) is 0 Å². The first kappa shape index (κ1) is 21.8. The maximum absolute atomic E-state index is 14.6. The molecule has 32 heavy (non-hydrogen) atoms. The first-order valence-electron chi connectivity index (χ1n) is 12.1. The Kier molecular flexibility index (Phi) is 6.74. The molecule has 1 saturated heterocycles. The summed E-state index contributed by atoms with van der Waals surface area (Å²) in [6, 6.07) is 0. The van der Waals surface area contributed by atoms with E-state index >= 15 is 0 Å². The maximum atomic E-state index is 14.6. The second kappa shape index (κ2) is 9.87. The van der Waals surface area contributed by atoms with Crippen LogP contribution in [0.3, 0.4) is 0 Å².